The van der Waals surface area contributed by atoms with Crippen LogP contribution >= 0.6 is 15.9 Å². The molecule has 0 amide bonds. The molecule has 2 N–H and O–H groups in total. The Morgan fingerprint density at radius 1 is 1.36 bits per heavy atom. The van der Waals surface area contributed by atoms with Gasteiger partial charge in [0.25, 0.3) is 0 Å². The molecule has 1 heterocycles. The minimum atomic E-state index is 0.487. The second-order valence-corrected chi connectivity index (χ2v) is 4.45. The second-order valence-electron chi connectivity index (χ2n) is 3.74. The lowest BCUT2D eigenvalue weighted by molar-refractivity contribution is 0.685. The molecule has 0 spiro atoms. The molecule has 0 bridgehead atoms. The van der Waals surface area contributed by atoms with E-state index in [1.54, 1.807) is 0 Å². The van der Waals surface area contributed by atoms with Gasteiger partial charge in [-0.05, 0) is 34.8 Å². The number of nitrogens with two attached hydrogens (primary N) is 1. The number of aromatic nitrogens is 2. The SMILES string of the molecule is NCc1cc(C2CCCC2)nc(Br)n1. The molecule has 1 saturated carbocycles. The fourth-order valence-corrected chi connectivity index (χ4v) is 2.45. The molecular formula is C10H14BrN3. The van der Waals surface area contributed by atoms with E-state index >= 15 is 0 Å². The molecule has 0 unspecified atom stereocenters. The highest BCUT2D eigenvalue weighted by Gasteiger charge is 2.19. The van der Waals surface area contributed by atoms with Crippen molar-refractivity contribution in [3.63, 3.8) is 0 Å². The van der Waals surface area contributed by atoms with Crippen LogP contribution in [0.5, 0.6) is 0 Å². The lowest BCUT2D eigenvalue weighted by Gasteiger charge is -2.09. The van der Waals surface area contributed by atoms with E-state index in [0.717, 1.165) is 11.4 Å². The Morgan fingerprint density at radius 3 is 2.71 bits per heavy atom. The Balaban J connectivity index is 2.27. The van der Waals surface area contributed by atoms with Gasteiger partial charge >= 0.3 is 0 Å². The Kier molecular flexibility index (Phi) is 3.13. The molecule has 0 aliphatic heterocycles. The largest absolute Gasteiger partial charge is 0.325 e. The van der Waals surface area contributed by atoms with E-state index < -0.39 is 0 Å². The predicted octanol–water partition coefficient (Wildman–Crippen LogP) is 2.36. The lowest BCUT2D eigenvalue weighted by atomic mass is 10.0. The molecule has 76 valence electrons. The maximum Gasteiger partial charge on any atom is 0.197 e. The maximum absolute atomic E-state index is 5.58. The van der Waals surface area contributed by atoms with Crippen molar-refractivity contribution in [2.75, 3.05) is 0 Å². The van der Waals surface area contributed by atoms with E-state index in [9.17, 15) is 0 Å². The molecule has 0 aromatic carbocycles. The number of rotatable bonds is 2. The van der Waals surface area contributed by atoms with Crippen LogP contribution in [0.2, 0.25) is 0 Å². The van der Waals surface area contributed by atoms with Crippen LogP contribution in [0, 0.1) is 0 Å². The van der Waals surface area contributed by atoms with Crippen molar-refractivity contribution in [2.24, 2.45) is 5.73 Å². The number of hydrogen-bond donors (Lipinski definition) is 1. The minimum absolute atomic E-state index is 0.487. The van der Waals surface area contributed by atoms with Crippen LogP contribution in [-0.2, 0) is 6.54 Å². The molecular weight excluding hydrogens is 242 g/mol. The summed E-state index contributed by atoms with van der Waals surface area (Å²) in [4.78, 5) is 8.62. The average Bonchev–Trinajstić information content (AvgIpc) is 2.69. The molecule has 14 heavy (non-hydrogen) atoms. The summed E-state index contributed by atoms with van der Waals surface area (Å²) in [5, 5.41) is 0. The van der Waals surface area contributed by atoms with Crippen molar-refractivity contribution in [3.05, 3.63) is 22.2 Å². The summed E-state index contributed by atoms with van der Waals surface area (Å²) in [5.41, 5.74) is 7.66. The number of hydrogen-bond acceptors (Lipinski definition) is 3. The topological polar surface area (TPSA) is 51.8 Å². The van der Waals surface area contributed by atoms with Gasteiger partial charge < -0.3 is 5.73 Å². The molecule has 0 atom stereocenters. The first kappa shape index (κ1) is 10.1. The summed E-state index contributed by atoms with van der Waals surface area (Å²) in [6.07, 6.45) is 5.16. The number of nitrogens with zero attached hydrogens (tertiary/aromatic N) is 2. The van der Waals surface area contributed by atoms with Crippen LogP contribution in [0.15, 0.2) is 10.8 Å². The van der Waals surface area contributed by atoms with Crippen molar-refractivity contribution in [3.8, 4) is 0 Å². The van der Waals surface area contributed by atoms with Gasteiger partial charge in [-0.25, -0.2) is 9.97 Å². The molecule has 0 saturated heterocycles. The first-order valence-corrected chi connectivity index (χ1v) is 5.82. The molecule has 3 nitrogen and oxygen atoms in total. The molecule has 2 rings (SSSR count). The Morgan fingerprint density at radius 2 is 2.07 bits per heavy atom. The Bertz CT molecular complexity index is 321. The van der Waals surface area contributed by atoms with Crippen LogP contribution < -0.4 is 5.73 Å². The third kappa shape index (κ3) is 2.12. The molecule has 1 fully saturated rings. The average molecular weight is 256 g/mol. The van der Waals surface area contributed by atoms with Crippen LogP contribution in [0.4, 0.5) is 0 Å². The van der Waals surface area contributed by atoms with Gasteiger partial charge in [-0.1, -0.05) is 12.8 Å². The summed E-state index contributed by atoms with van der Waals surface area (Å²) < 4.78 is 0.669. The third-order valence-electron chi connectivity index (χ3n) is 2.75. The van der Waals surface area contributed by atoms with Crippen molar-refractivity contribution in [2.45, 2.75) is 38.1 Å². The van der Waals surface area contributed by atoms with E-state index in [-0.39, 0.29) is 0 Å². The fraction of sp³-hybridized carbons (Fsp3) is 0.600. The van der Waals surface area contributed by atoms with Crippen molar-refractivity contribution < 1.29 is 0 Å². The van der Waals surface area contributed by atoms with Gasteiger partial charge in [0.15, 0.2) is 4.73 Å². The van der Waals surface area contributed by atoms with Crippen LogP contribution in [-0.4, -0.2) is 9.97 Å². The van der Waals surface area contributed by atoms with Crippen LogP contribution in [0.25, 0.3) is 0 Å². The van der Waals surface area contributed by atoms with Gasteiger partial charge in [0, 0.05) is 18.2 Å². The highest BCUT2D eigenvalue weighted by atomic mass is 79.9. The van der Waals surface area contributed by atoms with Gasteiger partial charge in [-0.15, -0.1) is 0 Å². The summed E-state index contributed by atoms with van der Waals surface area (Å²) >= 11 is 3.32. The Hall–Kier alpha value is -0.480. The maximum atomic E-state index is 5.58. The zero-order valence-electron chi connectivity index (χ0n) is 8.04. The van der Waals surface area contributed by atoms with Crippen molar-refractivity contribution in [1.82, 2.24) is 9.97 Å². The molecule has 4 heteroatoms. The summed E-state index contributed by atoms with van der Waals surface area (Å²) in [7, 11) is 0. The first-order valence-electron chi connectivity index (χ1n) is 5.03. The monoisotopic (exact) mass is 255 g/mol. The Labute approximate surface area is 92.3 Å². The molecule has 1 aromatic heterocycles. The van der Waals surface area contributed by atoms with Gasteiger partial charge in [0.1, 0.15) is 0 Å². The van der Waals surface area contributed by atoms with E-state index in [2.05, 4.69) is 25.9 Å². The van der Waals surface area contributed by atoms with E-state index in [1.807, 2.05) is 6.07 Å². The zero-order chi connectivity index (χ0) is 9.97. The summed E-state index contributed by atoms with van der Waals surface area (Å²) in [6.45, 7) is 0.487. The summed E-state index contributed by atoms with van der Waals surface area (Å²) in [6, 6.07) is 2.04. The van der Waals surface area contributed by atoms with Crippen LogP contribution in [0.3, 0.4) is 0 Å². The first-order chi connectivity index (χ1) is 6.79. The highest BCUT2D eigenvalue weighted by Crippen LogP contribution is 2.33. The fourth-order valence-electron chi connectivity index (χ4n) is 2.02. The van der Waals surface area contributed by atoms with E-state index in [0.29, 0.717) is 17.2 Å². The van der Waals surface area contributed by atoms with Crippen molar-refractivity contribution in [1.29, 1.82) is 0 Å². The predicted molar refractivity (Wildman–Crippen MR) is 58.8 cm³/mol. The van der Waals surface area contributed by atoms with Crippen LogP contribution in [0.1, 0.15) is 43.0 Å². The lowest BCUT2D eigenvalue weighted by Crippen LogP contribution is -2.05. The smallest absolute Gasteiger partial charge is 0.197 e. The molecule has 1 aliphatic carbocycles. The van der Waals surface area contributed by atoms with Gasteiger partial charge in [-0.2, -0.15) is 0 Å². The number of halogens is 1. The molecule has 1 aliphatic rings. The second kappa shape index (κ2) is 4.36. The van der Waals surface area contributed by atoms with Gasteiger partial charge in [-0.3, -0.25) is 0 Å². The quantitative estimate of drug-likeness (QED) is 0.826. The minimum Gasteiger partial charge on any atom is -0.325 e. The van der Waals surface area contributed by atoms with Gasteiger partial charge in [0.2, 0.25) is 0 Å². The zero-order valence-corrected chi connectivity index (χ0v) is 9.63. The van der Waals surface area contributed by atoms with E-state index in [4.69, 9.17) is 5.73 Å². The summed E-state index contributed by atoms with van der Waals surface area (Å²) in [5.74, 6) is 0.625. The standard InChI is InChI=1S/C10H14BrN3/c11-10-13-8(6-12)5-9(14-10)7-3-1-2-4-7/h5,7H,1-4,6,12H2. The van der Waals surface area contributed by atoms with E-state index in [1.165, 1.54) is 25.7 Å². The molecule has 1 aromatic rings. The van der Waals surface area contributed by atoms with Crippen molar-refractivity contribution >= 4 is 15.9 Å². The third-order valence-corrected chi connectivity index (χ3v) is 3.11. The normalized spacial score (nSPS) is 17.6. The molecule has 0 radical (unpaired) electrons. The highest BCUT2D eigenvalue weighted by molar-refractivity contribution is 9.10. The van der Waals surface area contributed by atoms with Gasteiger partial charge in [0.05, 0.1) is 5.69 Å².